The van der Waals surface area contributed by atoms with E-state index in [0.29, 0.717) is 16.2 Å². The first-order chi connectivity index (χ1) is 9.31. The number of alkyl halides is 3. The van der Waals surface area contributed by atoms with Gasteiger partial charge in [-0.05, 0) is 30.8 Å². The van der Waals surface area contributed by atoms with Crippen molar-refractivity contribution in [3.63, 3.8) is 0 Å². The van der Waals surface area contributed by atoms with Gasteiger partial charge in [-0.3, -0.25) is 0 Å². The highest BCUT2D eigenvalue weighted by atomic mass is 79.9. The molecule has 0 fully saturated rings. The first kappa shape index (κ1) is 15.9. The van der Waals surface area contributed by atoms with Gasteiger partial charge in [-0.25, -0.2) is 4.98 Å². The minimum absolute atomic E-state index is 0.336. The monoisotopic (exact) mass is 428 g/mol. The highest BCUT2D eigenvalue weighted by molar-refractivity contribution is 9.11. The van der Waals surface area contributed by atoms with Crippen molar-refractivity contribution in [1.29, 1.82) is 0 Å². The molecule has 1 unspecified atom stereocenters. The third-order valence-corrected chi connectivity index (χ3v) is 4.58. The van der Waals surface area contributed by atoms with Crippen molar-refractivity contribution in [3.05, 3.63) is 48.8 Å². The molecule has 0 aliphatic heterocycles. The summed E-state index contributed by atoms with van der Waals surface area (Å²) in [7, 11) is 1.70. The second-order valence-electron chi connectivity index (χ2n) is 3.99. The van der Waals surface area contributed by atoms with Crippen molar-refractivity contribution in [3.8, 4) is 0 Å². The molecule has 0 radical (unpaired) electrons. The van der Waals surface area contributed by atoms with E-state index in [1.54, 1.807) is 7.05 Å². The molecule has 1 heterocycles. The number of rotatable bonds is 3. The summed E-state index contributed by atoms with van der Waals surface area (Å²) in [6.07, 6.45) is -3.14. The second-order valence-corrected chi connectivity index (χ2v) is 6.88. The lowest BCUT2D eigenvalue weighted by molar-refractivity contribution is -0.137. The molecule has 1 aromatic carbocycles. The first-order valence-corrected chi connectivity index (χ1v) is 7.87. The normalized spacial score (nSPS) is 13.5. The van der Waals surface area contributed by atoms with Crippen LogP contribution in [0.5, 0.6) is 0 Å². The van der Waals surface area contributed by atoms with Crippen molar-refractivity contribution >= 4 is 43.2 Å². The molecular formula is C12H9Br2F3N2S. The van der Waals surface area contributed by atoms with Gasteiger partial charge in [0.25, 0.3) is 0 Å². The Labute approximate surface area is 134 Å². The molecule has 108 valence electrons. The Kier molecular flexibility index (Phi) is 4.88. The van der Waals surface area contributed by atoms with Crippen LogP contribution < -0.4 is 5.32 Å². The van der Waals surface area contributed by atoms with Gasteiger partial charge < -0.3 is 5.32 Å². The largest absolute Gasteiger partial charge is 0.443 e. The number of nitrogens with one attached hydrogen (secondary N) is 1. The fraction of sp³-hybridized carbons (Fsp3) is 0.250. The van der Waals surface area contributed by atoms with E-state index in [-0.39, 0.29) is 6.04 Å². The molecule has 2 rings (SSSR count). The molecule has 8 heteroatoms. The van der Waals surface area contributed by atoms with Crippen LogP contribution in [-0.4, -0.2) is 12.0 Å². The number of halogens is 5. The maximum atomic E-state index is 12.6. The van der Waals surface area contributed by atoms with Crippen LogP contribution in [-0.2, 0) is 6.18 Å². The Hall–Kier alpha value is -0.440. The van der Waals surface area contributed by atoms with Crippen LogP contribution in [0.15, 0.2) is 33.3 Å². The third-order valence-electron chi connectivity index (χ3n) is 2.56. The molecule has 1 aromatic heterocycles. The van der Waals surface area contributed by atoms with E-state index < -0.39 is 11.2 Å². The number of benzene rings is 1. The Morgan fingerprint density at radius 3 is 2.25 bits per heavy atom. The highest BCUT2D eigenvalue weighted by Crippen LogP contribution is 2.36. The predicted molar refractivity (Wildman–Crippen MR) is 79.9 cm³/mol. The van der Waals surface area contributed by atoms with Gasteiger partial charge in [0, 0.05) is 20.0 Å². The lowest BCUT2D eigenvalue weighted by atomic mass is 10.1. The molecule has 0 saturated heterocycles. The smallest absolute Gasteiger partial charge is 0.309 e. The zero-order valence-electron chi connectivity index (χ0n) is 10.1. The zero-order valence-corrected chi connectivity index (χ0v) is 14.1. The number of nitrogens with zero attached hydrogens (tertiary/aromatic N) is 1. The molecule has 2 nitrogen and oxygen atoms in total. The summed E-state index contributed by atoms with van der Waals surface area (Å²) in [5, 5.41) is 2.18. The van der Waals surface area contributed by atoms with Gasteiger partial charge in [0.2, 0.25) is 0 Å². The van der Waals surface area contributed by atoms with E-state index in [9.17, 15) is 13.2 Å². The lowest BCUT2D eigenvalue weighted by Crippen LogP contribution is -2.16. The SMILES string of the molecule is CNC(c1cc(Br)cc(Br)c1)c1cnc(C(F)(F)F)s1. The van der Waals surface area contributed by atoms with Crippen molar-refractivity contribution in [1.82, 2.24) is 10.3 Å². The summed E-state index contributed by atoms with van der Waals surface area (Å²) in [6.45, 7) is 0. The first-order valence-electron chi connectivity index (χ1n) is 5.47. The van der Waals surface area contributed by atoms with Gasteiger partial charge in [0.05, 0.1) is 6.04 Å². The van der Waals surface area contributed by atoms with Crippen LogP contribution in [0.4, 0.5) is 13.2 Å². The van der Waals surface area contributed by atoms with Gasteiger partial charge in [0.15, 0.2) is 5.01 Å². The Balaban J connectivity index is 2.39. The van der Waals surface area contributed by atoms with Gasteiger partial charge in [-0.1, -0.05) is 31.9 Å². The molecule has 0 saturated carbocycles. The molecule has 0 spiro atoms. The van der Waals surface area contributed by atoms with Crippen LogP contribution in [0.3, 0.4) is 0 Å². The number of thiazole rings is 1. The topological polar surface area (TPSA) is 24.9 Å². The van der Waals surface area contributed by atoms with E-state index in [1.807, 2.05) is 18.2 Å². The van der Waals surface area contributed by atoms with Crippen LogP contribution in [0.2, 0.25) is 0 Å². The molecule has 0 aliphatic carbocycles. The highest BCUT2D eigenvalue weighted by Gasteiger charge is 2.35. The summed E-state index contributed by atoms with van der Waals surface area (Å²) < 4.78 is 39.5. The van der Waals surface area contributed by atoms with Gasteiger partial charge in [-0.2, -0.15) is 13.2 Å². The zero-order chi connectivity index (χ0) is 14.9. The van der Waals surface area contributed by atoms with E-state index in [4.69, 9.17) is 0 Å². The van der Waals surface area contributed by atoms with Crippen molar-refractivity contribution in [2.24, 2.45) is 0 Å². The molecule has 1 N–H and O–H groups in total. The summed E-state index contributed by atoms with van der Waals surface area (Å²) in [5.41, 5.74) is 0.853. The quantitative estimate of drug-likeness (QED) is 0.742. The lowest BCUT2D eigenvalue weighted by Gasteiger charge is -2.15. The summed E-state index contributed by atoms with van der Waals surface area (Å²) in [5.74, 6) is 0. The third kappa shape index (κ3) is 3.60. The maximum absolute atomic E-state index is 12.6. The number of aromatic nitrogens is 1. The molecule has 0 aliphatic rings. The Bertz CT molecular complexity index is 593. The van der Waals surface area contributed by atoms with Crippen LogP contribution in [0.25, 0.3) is 0 Å². The molecule has 20 heavy (non-hydrogen) atoms. The molecule has 0 bridgehead atoms. The average molecular weight is 430 g/mol. The molecule has 2 aromatic rings. The van der Waals surface area contributed by atoms with Crippen molar-refractivity contribution in [2.75, 3.05) is 7.05 Å². The minimum Gasteiger partial charge on any atom is -0.309 e. The van der Waals surface area contributed by atoms with Gasteiger partial charge in [0.1, 0.15) is 0 Å². The fourth-order valence-electron chi connectivity index (χ4n) is 1.77. The number of hydrogen-bond donors (Lipinski definition) is 1. The van der Waals surface area contributed by atoms with E-state index in [2.05, 4.69) is 42.2 Å². The van der Waals surface area contributed by atoms with E-state index in [0.717, 1.165) is 14.5 Å². The average Bonchev–Trinajstić information content (AvgIpc) is 2.77. The Morgan fingerprint density at radius 2 is 1.80 bits per heavy atom. The Morgan fingerprint density at radius 1 is 1.20 bits per heavy atom. The minimum atomic E-state index is -4.40. The molecule has 0 amide bonds. The summed E-state index contributed by atoms with van der Waals surface area (Å²) >= 11 is 7.39. The maximum Gasteiger partial charge on any atom is 0.443 e. The standard InChI is InChI=1S/C12H9Br2F3N2S/c1-18-10(6-2-7(13)4-8(14)3-6)9-5-19-11(20-9)12(15,16)17/h2-5,10,18H,1H3. The predicted octanol–water partition coefficient (Wildman–Crippen LogP) is 5.00. The van der Waals surface area contributed by atoms with E-state index in [1.165, 1.54) is 6.20 Å². The van der Waals surface area contributed by atoms with Crippen LogP contribution in [0, 0.1) is 0 Å². The van der Waals surface area contributed by atoms with E-state index >= 15 is 0 Å². The molecule has 1 atom stereocenters. The van der Waals surface area contributed by atoms with Gasteiger partial charge >= 0.3 is 6.18 Å². The van der Waals surface area contributed by atoms with Crippen LogP contribution >= 0.6 is 43.2 Å². The van der Waals surface area contributed by atoms with Gasteiger partial charge in [-0.15, -0.1) is 11.3 Å². The summed E-state index contributed by atoms with van der Waals surface area (Å²) in [4.78, 5) is 3.98. The van der Waals surface area contributed by atoms with Crippen molar-refractivity contribution < 1.29 is 13.2 Å². The van der Waals surface area contributed by atoms with Crippen LogP contribution in [0.1, 0.15) is 21.5 Å². The number of hydrogen-bond acceptors (Lipinski definition) is 3. The molecular weight excluding hydrogens is 421 g/mol. The van der Waals surface area contributed by atoms with Crippen molar-refractivity contribution in [2.45, 2.75) is 12.2 Å². The second kappa shape index (κ2) is 6.13. The summed E-state index contributed by atoms with van der Waals surface area (Å²) in [6, 6.07) is 5.25. The fourth-order valence-corrected chi connectivity index (χ4v) is 4.02.